The van der Waals surface area contributed by atoms with Crippen molar-refractivity contribution in [1.82, 2.24) is 24.6 Å². The van der Waals surface area contributed by atoms with Gasteiger partial charge >= 0.3 is 0 Å². The van der Waals surface area contributed by atoms with Crippen LogP contribution < -0.4 is 5.56 Å². The molecule has 7 heteroatoms. The number of carbonyl (C=O) groups is 1. The third-order valence-corrected chi connectivity index (χ3v) is 3.29. The molecule has 0 saturated heterocycles. The molecule has 0 atom stereocenters. The zero-order chi connectivity index (χ0) is 13.4. The summed E-state index contributed by atoms with van der Waals surface area (Å²) < 4.78 is 1.93. The standard InChI is InChI=1S/C12H13N5O2/c1-16-7-13-8-4-5-17(6-10(8)16)12(19)9-2-3-11(18)15-14-9/h2-3,7H,4-6H2,1H3,(H,15,18). The highest BCUT2D eigenvalue weighted by Crippen LogP contribution is 2.18. The first-order valence-electron chi connectivity index (χ1n) is 5.99. The molecule has 0 bridgehead atoms. The zero-order valence-corrected chi connectivity index (χ0v) is 10.5. The maximum absolute atomic E-state index is 12.3. The van der Waals surface area contributed by atoms with Crippen LogP contribution in [0.25, 0.3) is 0 Å². The second-order valence-electron chi connectivity index (χ2n) is 4.53. The molecule has 1 N–H and O–H groups in total. The van der Waals surface area contributed by atoms with Crippen LogP contribution >= 0.6 is 0 Å². The van der Waals surface area contributed by atoms with Crippen LogP contribution in [-0.4, -0.2) is 37.1 Å². The predicted octanol–water partition coefficient (Wildman–Crippen LogP) is -0.298. The number of nitrogens with zero attached hydrogens (tertiary/aromatic N) is 4. The van der Waals surface area contributed by atoms with Gasteiger partial charge in [-0.15, -0.1) is 0 Å². The van der Waals surface area contributed by atoms with Crippen molar-refractivity contribution in [3.63, 3.8) is 0 Å². The second kappa shape index (κ2) is 4.34. The minimum Gasteiger partial charge on any atom is -0.336 e. The molecule has 1 amide bonds. The van der Waals surface area contributed by atoms with E-state index in [1.807, 2.05) is 11.6 Å². The molecule has 3 rings (SSSR count). The van der Waals surface area contributed by atoms with Crippen molar-refractivity contribution < 1.29 is 4.79 Å². The molecule has 2 aromatic rings. The third kappa shape index (κ3) is 2.03. The molecule has 0 fully saturated rings. The van der Waals surface area contributed by atoms with E-state index in [-0.39, 0.29) is 17.2 Å². The largest absolute Gasteiger partial charge is 0.336 e. The van der Waals surface area contributed by atoms with Gasteiger partial charge in [0.05, 0.1) is 24.3 Å². The molecule has 1 aliphatic heterocycles. The van der Waals surface area contributed by atoms with Crippen LogP contribution in [0.15, 0.2) is 23.3 Å². The van der Waals surface area contributed by atoms with E-state index in [0.717, 1.165) is 17.8 Å². The Kier molecular flexibility index (Phi) is 2.66. The molecule has 98 valence electrons. The average Bonchev–Trinajstić information content (AvgIpc) is 2.80. The number of imidazole rings is 1. The molecule has 7 nitrogen and oxygen atoms in total. The molecule has 0 aliphatic carbocycles. The number of H-pyrrole nitrogens is 1. The zero-order valence-electron chi connectivity index (χ0n) is 10.5. The van der Waals surface area contributed by atoms with Gasteiger partial charge in [-0.1, -0.05) is 0 Å². The normalized spacial score (nSPS) is 14.3. The number of aryl methyl sites for hydroxylation is 1. The summed E-state index contributed by atoms with van der Waals surface area (Å²) in [5.74, 6) is -0.178. The van der Waals surface area contributed by atoms with E-state index in [4.69, 9.17) is 0 Å². The molecule has 0 aromatic carbocycles. The molecule has 0 unspecified atom stereocenters. The maximum atomic E-state index is 12.3. The Morgan fingerprint density at radius 3 is 3.00 bits per heavy atom. The lowest BCUT2D eigenvalue weighted by molar-refractivity contribution is 0.0723. The van der Waals surface area contributed by atoms with E-state index in [1.54, 1.807) is 11.2 Å². The minimum absolute atomic E-state index is 0.178. The molecule has 0 radical (unpaired) electrons. The number of rotatable bonds is 1. The van der Waals surface area contributed by atoms with Crippen LogP contribution in [0.2, 0.25) is 0 Å². The molecule has 0 saturated carbocycles. The van der Waals surface area contributed by atoms with Gasteiger partial charge in [-0.2, -0.15) is 5.10 Å². The van der Waals surface area contributed by atoms with Gasteiger partial charge < -0.3 is 9.47 Å². The van der Waals surface area contributed by atoms with Gasteiger partial charge in [-0.05, 0) is 6.07 Å². The summed E-state index contributed by atoms with van der Waals surface area (Å²) >= 11 is 0. The predicted molar refractivity (Wildman–Crippen MR) is 66.5 cm³/mol. The highest BCUT2D eigenvalue weighted by atomic mass is 16.2. The SMILES string of the molecule is Cn1cnc2c1CN(C(=O)c1ccc(=O)[nH]n1)CC2. The van der Waals surface area contributed by atoms with Crippen LogP contribution in [0.3, 0.4) is 0 Å². The summed E-state index contributed by atoms with van der Waals surface area (Å²) in [5, 5.41) is 6.04. The quantitative estimate of drug-likeness (QED) is 0.762. The number of carbonyl (C=O) groups excluding carboxylic acids is 1. The summed E-state index contributed by atoms with van der Waals surface area (Å²) in [5.41, 5.74) is 2.03. The topological polar surface area (TPSA) is 83.9 Å². The highest BCUT2D eigenvalue weighted by Gasteiger charge is 2.25. The first-order chi connectivity index (χ1) is 9.15. The summed E-state index contributed by atoms with van der Waals surface area (Å²) in [6.07, 6.45) is 2.50. The number of hydrogen-bond acceptors (Lipinski definition) is 4. The second-order valence-corrected chi connectivity index (χ2v) is 4.53. The van der Waals surface area contributed by atoms with Gasteiger partial charge in [-0.25, -0.2) is 10.1 Å². The highest BCUT2D eigenvalue weighted by molar-refractivity contribution is 5.92. The molecular weight excluding hydrogens is 246 g/mol. The van der Waals surface area contributed by atoms with Crippen molar-refractivity contribution in [2.45, 2.75) is 13.0 Å². The van der Waals surface area contributed by atoms with Crippen LogP contribution in [0, 0.1) is 0 Å². The van der Waals surface area contributed by atoms with E-state index in [9.17, 15) is 9.59 Å². The lowest BCUT2D eigenvalue weighted by Crippen LogP contribution is -2.37. The molecule has 1 aliphatic rings. The summed E-state index contributed by atoms with van der Waals surface area (Å²) in [7, 11) is 1.91. The first-order valence-corrected chi connectivity index (χ1v) is 5.99. The van der Waals surface area contributed by atoms with E-state index in [1.165, 1.54) is 12.1 Å². The van der Waals surface area contributed by atoms with Gasteiger partial charge in [0, 0.05) is 26.1 Å². The van der Waals surface area contributed by atoms with E-state index in [2.05, 4.69) is 15.2 Å². The Morgan fingerprint density at radius 1 is 1.42 bits per heavy atom. The average molecular weight is 259 g/mol. The summed E-state index contributed by atoms with van der Waals surface area (Å²) in [6, 6.07) is 2.75. The number of nitrogens with one attached hydrogen (secondary N) is 1. The van der Waals surface area contributed by atoms with Crippen LogP contribution in [-0.2, 0) is 20.0 Å². The summed E-state index contributed by atoms with van der Waals surface area (Å²) in [4.78, 5) is 29.2. The minimum atomic E-state index is -0.316. The molecule has 2 aromatic heterocycles. The Morgan fingerprint density at radius 2 is 2.26 bits per heavy atom. The molecular formula is C12H13N5O2. The Labute approximate surface area is 108 Å². The lowest BCUT2D eigenvalue weighted by Gasteiger charge is -2.26. The lowest BCUT2D eigenvalue weighted by atomic mass is 10.1. The smallest absolute Gasteiger partial charge is 0.274 e. The van der Waals surface area contributed by atoms with Gasteiger partial charge in [-0.3, -0.25) is 9.59 Å². The first kappa shape index (κ1) is 11.6. The van der Waals surface area contributed by atoms with Crippen molar-refractivity contribution in [2.24, 2.45) is 7.05 Å². The number of aromatic amines is 1. The summed E-state index contributed by atoms with van der Waals surface area (Å²) in [6.45, 7) is 1.13. The number of amides is 1. The van der Waals surface area contributed by atoms with Gasteiger partial charge in [0.15, 0.2) is 0 Å². The van der Waals surface area contributed by atoms with Crippen molar-refractivity contribution in [3.8, 4) is 0 Å². The fourth-order valence-electron chi connectivity index (χ4n) is 2.22. The van der Waals surface area contributed by atoms with Crippen molar-refractivity contribution >= 4 is 5.91 Å². The third-order valence-electron chi connectivity index (χ3n) is 3.29. The van der Waals surface area contributed by atoms with Crippen molar-refractivity contribution in [3.05, 3.63) is 45.9 Å². The fraction of sp³-hybridized carbons (Fsp3) is 0.333. The molecule has 3 heterocycles. The van der Waals surface area contributed by atoms with Crippen molar-refractivity contribution in [1.29, 1.82) is 0 Å². The molecule has 19 heavy (non-hydrogen) atoms. The Hall–Kier alpha value is -2.44. The van der Waals surface area contributed by atoms with Crippen LogP contribution in [0.1, 0.15) is 21.9 Å². The van der Waals surface area contributed by atoms with E-state index < -0.39 is 0 Å². The van der Waals surface area contributed by atoms with Gasteiger partial charge in [0.2, 0.25) is 0 Å². The van der Waals surface area contributed by atoms with E-state index in [0.29, 0.717) is 13.1 Å². The van der Waals surface area contributed by atoms with Crippen LogP contribution in [0.4, 0.5) is 0 Å². The van der Waals surface area contributed by atoms with Gasteiger partial charge in [0.25, 0.3) is 11.5 Å². The monoisotopic (exact) mass is 259 g/mol. The molecule has 0 spiro atoms. The van der Waals surface area contributed by atoms with Crippen LogP contribution in [0.5, 0.6) is 0 Å². The Balaban J connectivity index is 1.84. The number of fused-ring (bicyclic) bond motifs is 1. The number of aromatic nitrogens is 4. The number of hydrogen-bond donors (Lipinski definition) is 1. The van der Waals surface area contributed by atoms with Crippen molar-refractivity contribution in [2.75, 3.05) is 6.54 Å². The maximum Gasteiger partial charge on any atom is 0.274 e. The van der Waals surface area contributed by atoms with Gasteiger partial charge in [0.1, 0.15) is 5.69 Å². The fourth-order valence-corrected chi connectivity index (χ4v) is 2.22. The van der Waals surface area contributed by atoms with E-state index >= 15 is 0 Å². The Bertz CT molecular complexity index is 667.